The van der Waals surface area contributed by atoms with Crippen molar-refractivity contribution in [3.8, 4) is 5.75 Å². The fraction of sp³-hybridized carbons (Fsp3) is 0.300. The highest BCUT2D eigenvalue weighted by atomic mass is 19.3. The standard InChI is InChI=1S/C10H10F2N2O5/c1-2-18-9(15)8-6(14(16)17)3-5(13)4-7(8)19-10(11)12/h3-4,10H,2,13H2,1H3. The second-order valence-electron chi connectivity index (χ2n) is 3.27. The Kier molecular flexibility index (Phi) is 4.56. The lowest BCUT2D eigenvalue weighted by molar-refractivity contribution is -0.385. The third-order valence-electron chi connectivity index (χ3n) is 2.00. The molecule has 0 atom stereocenters. The molecule has 0 aliphatic rings. The minimum atomic E-state index is -3.26. The highest BCUT2D eigenvalue weighted by Gasteiger charge is 2.28. The Morgan fingerprint density at radius 1 is 1.53 bits per heavy atom. The average molecular weight is 276 g/mol. The molecule has 0 amide bonds. The van der Waals surface area contributed by atoms with Crippen molar-refractivity contribution in [1.82, 2.24) is 0 Å². The third kappa shape index (κ3) is 3.50. The zero-order valence-electron chi connectivity index (χ0n) is 9.76. The second kappa shape index (κ2) is 5.94. The van der Waals surface area contributed by atoms with Gasteiger partial charge in [-0.05, 0) is 6.92 Å². The van der Waals surface area contributed by atoms with Crippen molar-refractivity contribution >= 4 is 17.3 Å². The minimum absolute atomic E-state index is 0.0749. The van der Waals surface area contributed by atoms with Crippen molar-refractivity contribution in [2.45, 2.75) is 13.5 Å². The van der Waals surface area contributed by atoms with Crippen LogP contribution < -0.4 is 10.5 Å². The first kappa shape index (κ1) is 14.6. The van der Waals surface area contributed by atoms with Crippen molar-refractivity contribution in [1.29, 1.82) is 0 Å². The van der Waals surface area contributed by atoms with E-state index in [-0.39, 0.29) is 12.3 Å². The highest BCUT2D eigenvalue weighted by molar-refractivity contribution is 5.97. The number of ether oxygens (including phenoxy) is 2. The molecule has 0 radical (unpaired) electrons. The van der Waals surface area contributed by atoms with E-state index in [0.29, 0.717) is 0 Å². The van der Waals surface area contributed by atoms with E-state index in [9.17, 15) is 23.7 Å². The number of halogens is 2. The van der Waals surface area contributed by atoms with Crippen LogP contribution in [0, 0.1) is 10.1 Å². The van der Waals surface area contributed by atoms with Crippen LogP contribution in [0.5, 0.6) is 5.75 Å². The number of nitrogen functional groups attached to an aromatic ring is 1. The number of nitrogens with two attached hydrogens (primary N) is 1. The predicted octanol–water partition coefficient (Wildman–Crippen LogP) is 1.96. The van der Waals surface area contributed by atoms with Gasteiger partial charge in [0.2, 0.25) is 0 Å². The molecule has 0 aliphatic carbocycles. The number of nitro groups is 1. The van der Waals surface area contributed by atoms with E-state index in [1.54, 1.807) is 0 Å². The molecule has 7 nitrogen and oxygen atoms in total. The van der Waals surface area contributed by atoms with Crippen LogP contribution in [-0.4, -0.2) is 24.1 Å². The summed E-state index contributed by atoms with van der Waals surface area (Å²) in [5, 5.41) is 10.8. The van der Waals surface area contributed by atoms with Gasteiger partial charge in [0.15, 0.2) is 5.56 Å². The summed E-state index contributed by atoms with van der Waals surface area (Å²) in [5.74, 6) is -1.83. The van der Waals surface area contributed by atoms with E-state index in [2.05, 4.69) is 9.47 Å². The first-order valence-electron chi connectivity index (χ1n) is 5.06. The lowest BCUT2D eigenvalue weighted by Gasteiger charge is -2.11. The van der Waals surface area contributed by atoms with Crippen molar-refractivity contribution < 1.29 is 28.0 Å². The lowest BCUT2D eigenvalue weighted by Crippen LogP contribution is -2.13. The Bertz CT molecular complexity index is 507. The van der Waals surface area contributed by atoms with Crippen LogP contribution in [0.4, 0.5) is 20.2 Å². The van der Waals surface area contributed by atoms with Crippen LogP contribution in [0.1, 0.15) is 17.3 Å². The minimum Gasteiger partial charge on any atom is -0.462 e. The molecular formula is C10H10F2N2O5. The predicted molar refractivity (Wildman–Crippen MR) is 60.1 cm³/mol. The Morgan fingerprint density at radius 2 is 2.16 bits per heavy atom. The number of nitrogens with zero attached hydrogens (tertiary/aromatic N) is 1. The fourth-order valence-electron chi connectivity index (χ4n) is 1.36. The number of hydrogen-bond donors (Lipinski definition) is 1. The maximum absolute atomic E-state index is 12.2. The molecule has 0 aromatic heterocycles. The maximum atomic E-state index is 12.2. The zero-order chi connectivity index (χ0) is 14.6. The van der Waals surface area contributed by atoms with Crippen LogP contribution in [0.3, 0.4) is 0 Å². The van der Waals surface area contributed by atoms with E-state index in [1.807, 2.05) is 0 Å². The van der Waals surface area contributed by atoms with Gasteiger partial charge in [0, 0.05) is 17.8 Å². The van der Waals surface area contributed by atoms with E-state index < -0.39 is 34.5 Å². The number of carbonyl (C=O) groups excluding carboxylic acids is 1. The van der Waals surface area contributed by atoms with Crippen molar-refractivity contribution in [2.75, 3.05) is 12.3 Å². The summed E-state index contributed by atoms with van der Waals surface area (Å²) in [5.41, 5.74) is 3.70. The lowest BCUT2D eigenvalue weighted by atomic mass is 10.1. The largest absolute Gasteiger partial charge is 0.462 e. The molecule has 104 valence electrons. The van der Waals surface area contributed by atoms with Gasteiger partial charge in [0.05, 0.1) is 11.5 Å². The van der Waals surface area contributed by atoms with Crippen molar-refractivity contribution in [3.05, 3.63) is 27.8 Å². The number of anilines is 1. The number of carbonyl (C=O) groups is 1. The van der Waals surface area contributed by atoms with Gasteiger partial charge in [-0.1, -0.05) is 0 Å². The molecule has 0 unspecified atom stereocenters. The summed E-state index contributed by atoms with van der Waals surface area (Å²) >= 11 is 0. The number of esters is 1. The Morgan fingerprint density at radius 3 is 2.63 bits per heavy atom. The number of alkyl halides is 2. The summed E-state index contributed by atoms with van der Waals surface area (Å²) in [7, 11) is 0. The number of hydrogen-bond acceptors (Lipinski definition) is 6. The number of nitro benzene ring substituents is 1. The van der Waals surface area contributed by atoms with Gasteiger partial charge in [-0.2, -0.15) is 8.78 Å². The molecule has 0 spiro atoms. The van der Waals surface area contributed by atoms with Crippen molar-refractivity contribution in [3.63, 3.8) is 0 Å². The topological polar surface area (TPSA) is 105 Å². The summed E-state index contributed by atoms with van der Waals surface area (Å²) in [6.07, 6.45) is 0. The fourth-order valence-corrected chi connectivity index (χ4v) is 1.36. The number of benzene rings is 1. The first-order valence-corrected chi connectivity index (χ1v) is 5.06. The molecule has 0 saturated carbocycles. The Hall–Kier alpha value is -2.45. The molecule has 0 saturated heterocycles. The molecule has 0 fully saturated rings. The van der Waals surface area contributed by atoms with Crippen LogP contribution in [0.15, 0.2) is 12.1 Å². The molecule has 0 heterocycles. The summed E-state index contributed by atoms with van der Waals surface area (Å²) in [6.45, 7) is -1.86. The number of rotatable bonds is 5. The van der Waals surface area contributed by atoms with Gasteiger partial charge in [-0.3, -0.25) is 10.1 Å². The molecule has 2 N–H and O–H groups in total. The average Bonchev–Trinajstić information content (AvgIpc) is 2.27. The van der Waals surface area contributed by atoms with E-state index in [4.69, 9.17) is 5.73 Å². The molecule has 0 aliphatic heterocycles. The van der Waals surface area contributed by atoms with Gasteiger partial charge in [-0.15, -0.1) is 0 Å². The molecule has 19 heavy (non-hydrogen) atoms. The van der Waals surface area contributed by atoms with Gasteiger partial charge in [-0.25, -0.2) is 4.79 Å². The van der Waals surface area contributed by atoms with Gasteiger partial charge >= 0.3 is 12.6 Å². The molecular weight excluding hydrogens is 266 g/mol. The van der Waals surface area contributed by atoms with Crippen LogP contribution in [-0.2, 0) is 4.74 Å². The van der Waals surface area contributed by atoms with E-state index in [0.717, 1.165) is 12.1 Å². The molecule has 1 aromatic carbocycles. The first-order chi connectivity index (χ1) is 8.86. The van der Waals surface area contributed by atoms with Crippen LogP contribution >= 0.6 is 0 Å². The second-order valence-corrected chi connectivity index (χ2v) is 3.27. The Balaban J connectivity index is 3.42. The van der Waals surface area contributed by atoms with E-state index >= 15 is 0 Å². The summed E-state index contributed by atoms with van der Waals surface area (Å²) in [4.78, 5) is 21.5. The van der Waals surface area contributed by atoms with E-state index in [1.165, 1.54) is 6.92 Å². The van der Waals surface area contributed by atoms with Crippen LogP contribution in [0.25, 0.3) is 0 Å². The van der Waals surface area contributed by atoms with Crippen LogP contribution in [0.2, 0.25) is 0 Å². The molecule has 9 heteroatoms. The zero-order valence-corrected chi connectivity index (χ0v) is 9.76. The maximum Gasteiger partial charge on any atom is 0.387 e. The monoisotopic (exact) mass is 276 g/mol. The molecule has 1 rings (SSSR count). The SMILES string of the molecule is CCOC(=O)c1c(OC(F)F)cc(N)cc1[N+](=O)[O-]. The summed E-state index contributed by atoms with van der Waals surface area (Å²) in [6, 6.07) is 1.76. The van der Waals surface area contributed by atoms with Gasteiger partial charge in [0.25, 0.3) is 5.69 Å². The van der Waals surface area contributed by atoms with Gasteiger partial charge in [0.1, 0.15) is 5.75 Å². The van der Waals surface area contributed by atoms with Gasteiger partial charge < -0.3 is 15.2 Å². The summed E-state index contributed by atoms with van der Waals surface area (Å²) < 4.78 is 33.1. The highest BCUT2D eigenvalue weighted by Crippen LogP contribution is 2.33. The normalized spacial score (nSPS) is 10.3. The quantitative estimate of drug-likeness (QED) is 0.381. The molecule has 1 aromatic rings. The Labute approximate surface area is 106 Å². The molecule has 0 bridgehead atoms. The van der Waals surface area contributed by atoms with Crippen molar-refractivity contribution in [2.24, 2.45) is 0 Å². The smallest absolute Gasteiger partial charge is 0.387 e. The third-order valence-corrected chi connectivity index (χ3v) is 2.00.